The molecule has 1 aromatic carbocycles. The number of aromatic nitrogens is 1. The Morgan fingerprint density at radius 2 is 1.93 bits per heavy atom. The molecular formula is C17H15N5O6. The monoisotopic (exact) mass is 385 g/mol. The van der Waals surface area contributed by atoms with Crippen LogP contribution in [0.5, 0.6) is 5.75 Å². The fraction of sp³-hybridized carbons (Fsp3) is 0.176. The molecular weight excluding hydrogens is 370 g/mol. The van der Waals surface area contributed by atoms with E-state index in [1.807, 2.05) is 0 Å². The van der Waals surface area contributed by atoms with Crippen LogP contribution in [0.25, 0.3) is 0 Å². The Morgan fingerprint density at radius 3 is 2.57 bits per heavy atom. The van der Waals surface area contributed by atoms with Crippen molar-refractivity contribution < 1.29 is 24.0 Å². The number of pyridine rings is 1. The smallest absolute Gasteiger partial charge is 0.366 e. The molecule has 0 fully saturated rings. The van der Waals surface area contributed by atoms with E-state index in [9.17, 15) is 24.5 Å². The summed E-state index contributed by atoms with van der Waals surface area (Å²) >= 11 is 0. The van der Waals surface area contributed by atoms with Crippen LogP contribution < -0.4 is 20.5 Å². The number of fused-ring (bicyclic) bond motifs is 1. The molecule has 2 heterocycles. The molecule has 3 amide bonds. The van der Waals surface area contributed by atoms with E-state index in [1.165, 1.54) is 13.0 Å². The van der Waals surface area contributed by atoms with Crippen LogP contribution in [0.3, 0.4) is 0 Å². The number of hydrogen-bond acceptors (Lipinski definition) is 7. The topological polar surface area (TPSA) is 144 Å². The molecule has 1 aliphatic rings. The Balaban J connectivity index is 1.97. The molecule has 1 unspecified atom stereocenters. The van der Waals surface area contributed by atoms with Gasteiger partial charge in [0.15, 0.2) is 5.75 Å². The van der Waals surface area contributed by atoms with E-state index >= 15 is 0 Å². The molecule has 1 aliphatic heterocycles. The van der Waals surface area contributed by atoms with Gasteiger partial charge >= 0.3 is 5.82 Å². The lowest BCUT2D eigenvalue weighted by Crippen LogP contribution is -2.50. The summed E-state index contributed by atoms with van der Waals surface area (Å²) in [6.07, 6.45) is -1.05. The van der Waals surface area contributed by atoms with Crippen molar-refractivity contribution in [1.82, 2.24) is 15.8 Å². The summed E-state index contributed by atoms with van der Waals surface area (Å²) in [4.78, 5) is 51.2. The first-order valence-corrected chi connectivity index (χ1v) is 8.10. The Hall–Kier alpha value is -4.02. The minimum atomic E-state index is -1.05. The van der Waals surface area contributed by atoms with E-state index in [0.717, 1.165) is 11.0 Å². The van der Waals surface area contributed by atoms with E-state index < -0.39 is 41.1 Å². The molecule has 3 rings (SSSR count). The molecule has 0 radical (unpaired) electrons. The maximum Gasteiger partial charge on any atom is 0.366 e. The first-order valence-electron chi connectivity index (χ1n) is 8.10. The van der Waals surface area contributed by atoms with Gasteiger partial charge in [-0.2, -0.15) is 0 Å². The van der Waals surface area contributed by atoms with Gasteiger partial charge in [-0.25, -0.2) is 0 Å². The average Bonchev–Trinajstić information content (AvgIpc) is 2.68. The van der Waals surface area contributed by atoms with Gasteiger partial charge in [0.25, 0.3) is 17.6 Å². The highest BCUT2D eigenvalue weighted by Crippen LogP contribution is 2.38. The van der Waals surface area contributed by atoms with Crippen molar-refractivity contribution in [1.29, 1.82) is 0 Å². The number of nitro groups is 1. The lowest BCUT2D eigenvalue weighted by atomic mass is 10.1. The zero-order valence-electron chi connectivity index (χ0n) is 14.6. The largest absolute Gasteiger partial charge is 0.469 e. The Kier molecular flexibility index (Phi) is 5.16. The normalized spacial score (nSPS) is 15.2. The van der Waals surface area contributed by atoms with Gasteiger partial charge < -0.3 is 14.9 Å². The number of ether oxygens (including phenoxy) is 1. The summed E-state index contributed by atoms with van der Waals surface area (Å²) in [5, 5.41) is 11.0. The highest BCUT2D eigenvalue weighted by Gasteiger charge is 2.40. The summed E-state index contributed by atoms with van der Waals surface area (Å²) in [6.45, 7) is 0.679. The van der Waals surface area contributed by atoms with Gasteiger partial charge in [0, 0.05) is 18.6 Å². The molecule has 0 aliphatic carbocycles. The zero-order valence-corrected chi connectivity index (χ0v) is 14.6. The number of anilines is 1. The van der Waals surface area contributed by atoms with Crippen LogP contribution in [0.1, 0.15) is 18.6 Å². The fourth-order valence-corrected chi connectivity index (χ4v) is 2.57. The predicted molar refractivity (Wildman–Crippen MR) is 95.0 cm³/mol. The zero-order chi connectivity index (χ0) is 20.3. The molecule has 2 N–H and O–H groups in total. The van der Waals surface area contributed by atoms with E-state index in [1.54, 1.807) is 30.3 Å². The molecule has 0 spiro atoms. The lowest BCUT2D eigenvalue weighted by Gasteiger charge is -2.30. The molecule has 0 saturated carbocycles. The molecule has 2 aromatic rings. The fourth-order valence-electron chi connectivity index (χ4n) is 2.57. The molecule has 11 heteroatoms. The highest BCUT2D eigenvalue weighted by atomic mass is 16.6. The number of hydrazine groups is 1. The van der Waals surface area contributed by atoms with Gasteiger partial charge in [0.05, 0.1) is 0 Å². The first-order chi connectivity index (χ1) is 13.4. The van der Waals surface area contributed by atoms with Crippen LogP contribution in [0, 0.1) is 10.1 Å². The minimum absolute atomic E-state index is 0.117. The number of carbonyl (C=O) groups is 3. The third-order valence-electron chi connectivity index (χ3n) is 3.78. The van der Waals surface area contributed by atoms with Crippen molar-refractivity contribution in [2.75, 3.05) is 11.4 Å². The number of rotatable bonds is 4. The van der Waals surface area contributed by atoms with Crippen molar-refractivity contribution in [3.63, 3.8) is 0 Å². The number of hydrogen-bond donors (Lipinski definition) is 2. The van der Waals surface area contributed by atoms with Crippen molar-refractivity contribution in [2.45, 2.75) is 13.0 Å². The molecule has 28 heavy (non-hydrogen) atoms. The SMILES string of the molecule is CC(=O)NNC(=O)CN1C(=O)C(c2ccccc2)Oc2ccc([N+](=O)[O-])nc21. The molecule has 0 bridgehead atoms. The summed E-state index contributed by atoms with van der Waals surface area (Å²) in [5.74, 6) is -2.37. The Morgan fingerprint density at radius 1 is 1.21 bits per heavy atom. The molecule has 1 aromatic heterocycles. The van der Waals surface area contributed by atoms with E-state index in [-0.39, 0.29) is 11.6 Å². The number of nitrogens with one attached hydrogen (secondary N) is 2. The second-order valence-corrected chi connectivity index (χ2v) is 5.81. The van der Waals surface area contributed by atoms with Gasteiger partial charge in [0.2, 0.25) is 12.0 Å². The number of amides is 3. The molecule has 0 saturated heterocycles. The van der Waals surface area contributed by atoms with Crippen LogP contribution in [0.2, 0.25) is 0 Å². The quantitative estimate of drug-likeness (QED) is 0.580. The van der Waals surface area contributed by atoms with Crippen molar-refractivity contribution in [3.05, 3.63) is 58.1 Å². The van der Waals surface area contributed by atoms with E-state index in [4.69, 9.17) is 4.74 Å². The van der Waals surface area contributed by atoms with Gasteiger partial charge in [-0.3, -0.25) is 30.1 Å². The predicted octanol–water partition coefficient (Wildman–Crippen LogP) is 0.624. The standard InChI is InChI=1S/C17H15N5O6/c1-10(23)19-20-14(24)9-21-16-12(7-8-13(18-16)22(26)27)28-15(17(21)25)11-5-3-2-4-6-11/h2-8,15H,9H2,1H3,(H,19,23)(H,20,24). The van der Waals surface area contributed by atoms with Crippen molar-refractivity contribution in [2.24, 2.45) is 0 Å². The van der Waals surface area contributed by atoms with Gasteiger partial charge in [0.1, 0.15) is 6.54 Å². The van der Waals surface area contributed by atoms with Crippen LogP contribution in [-0.4, -0.2) is 34.2 Å². The molecule has 1 atom stereocenters. The van der Waals surface area contributed by atoms with Gasteiger partial charge in [-0.15, -0.1) is 0 Å². The average molecular weight is 385 g/mol. The van der Waals surface area contributed by atoms with Crippen LogP contribution in [0.4, 0.5) is 11.6 Å². The van der Waals surface area contributed by atoms with Crippen molar-refractivity contribution in [3.8, 4) is 5.75 Å². The van der Waals surface area contributed by atoms with Crippen LogP contribution in [0.15, 0.2) is 42.5 Å². The number of carbonyl (C=O) groups excluding carboxylic acids is 3. The summed E-state index contributed by atoms with van der Waals surface area (Å²) in [7, 11) is 0. The number of nitrogens with zero attached hydrogens (tertiary/aromatic N) is 3. The maximum atomic E-state index is 13.0. The summed E-state index contributed by atoms with van der Waals surface area (Å²) in [6, 6.07) is 11.1. The van der Waals surface area contributed by atoms with E-state index in [0.29, 0.717) is 5.56 Å². The first kappa shape index (κ1) is 18.8. The summed E-state index contributed by atoms with van der Waals surface area (Å²) < 4.78 is 5.70. The maximum absolute atomic E-state index is 13.0. The Bertz CT molecular complexity index is 948. The van der Waals surface area contributed by atoms with Crippen molar-refractivity contribution >= 4 is 29.4 Å². The third-order valence-corrected chi connectivity index (χ3v) is 3.78. The van der Waals surface area contributed by atoms with Crippen LogP contribution in [-0.2, 0) is 14.4 Å². The second-order valence-electron chi connectivity index (χ2n) is 5.81. The minimum Gasteiger partial charge on any atom is -0.469 e. The highest BCUT2D eigenvalue weighted by molar-refractivity contribution is 6.03. The lowest BCUT2D eigenvalue weighted by molar-refractivity contribution is -0.389. The summed E-state index contributed by atoms with van der Waals surface area (Å²) in [5.41, 5.74) is 4.79. The molecule has 144 valence electrons. The Labute approximate surface area is 158 Å². The van der Waals surface area contributed by atoms with E-state index in [2.05, 4.69) is 15.8 Å². The van der Waals surface area contributed by atoms with Crippen LogP contribution >= 0.6 is 0 Å². The van der Waals surface area contributed by atoms with Gasteiger partial charge in [-0.1, -0.05) is 30.3 Å². The second kappa shape index (κ2) is 7.70. The molecule has 11 nitrogen and oxygen atoms in total. The van der Waals surface area contributed by atoms with Gasteiger partial charge in [-0.05, 0) is 16.0 Å². The number of benzene rings is 1. The third kappa shape index (κ3) is 3.87.